The van der Waals surface area contributed by atoms with Gasteiger partial charge in [0.1, 0.15) is 6.10 Å². The number of cyclic esters (lactones) is 1. The van der Waals surface area contributed by atoms with Crippen molar-refractivity contribution in [2.45, 2.75) is 32.2 Å². The average Bonchev–Trinajstić information content (AvgIpc) is 2.81. The second kappa shape index (κ2) is 4.71. The summed E-state index contributed by atoms with van der Waals surface area (Å²) in [5, 5.41) is 0. The predicted octanol–water partition coefficient (Wildman–Crippen LogP) is 1.70. The molecule has 0 N–H and O–H groups in total. The van der Waals surface area contributed by atoms with Gasteiger partial charge in [-0.05, 0) is 24.1 Å². The summed E-state index contributed by atoms with van der Waals surface area (Å²) in [7, 11) is 0. The van der Waals surface area contributed by atoms with E-state index in [-0.39, 0.29) is 18.4 Å². The monoisotopic (exact) mass is 248 g/mol. The lowest BCUT2D eigenvalue weighted by Gasteiger charge is -2.22. The summed E-state index contributed by atoms with van der Waals surface area (Å²) in [6, 6.07) is 5.85. The minimum absolute atomic E-state index is 0.0424. The Labute approximate surface area is 106 Å². The molecule has 1 aromatic carbocycles. The van der Waals surface area contributed by atoms with Gasteiger partial charge in [0.25, 0.3) is 0 Å². The Balaban J connectivity index is 1.81. The Morgan fingerprint density at radius 2 is 2.06 bits per heavy atom. The molecule has 0 aromatic heterocycles. The highest BCUT2D eigenvalue weighted by Gasteiger charge is 2.24. The van der Waals surface area contributed by atoms with Crippen molar-refractivity contribution >= 4 is 5.97 Å². The summed E-state index contributed by atoms with van der Waals surface area (Å²) in [5.41, 5.74) is 2.89. The van der Waals surface area contributed by atoms with Crippen LogP contribution in [0.25, 0.3) is 0 Å². The number of carbonyl (C=O) groups is 1. The normalized spacial score (nSPS) is 23.8. The largest absolute Gasteiger partial charge is 0.459 e. The van der Waals surface area contributed by atoms with E-state index in [0.29, 0.717) is 18.8 Å². The molecular formula is C14H16O4. The smallest absolute Gasteiger partial charge is 0.338 e. The van der Waals surface area contributed by atoms with Gasteiger partial charge in [-0.1, -0.05) is 12.1 Å². The van der Waals surface area contributed by atoms with Crippen molar-refractivity contribution in [3.05, 3.63) is 34.9 Å². The van der Waals surface area contributed by atoms with E-state index in [2.05, 4.69) is 6.07 Å². The maximum absolute atomic E-state index is 11.7. The Kier molecular flexibility index (Phi) is 3.06. The summed E-state index contributed by atoms with van der Waals surface area (Å²) < 4.78 is 16.1. The summed E-state index contributed by atoms with van der Waals surface area (Å²) >= 11 is 0. The first-order chi connectivity index (χ1) is 8.72. The van der Waals surface area contributed by atoms with E-state index in [1.807, 2.05) is 19.1 Å². The zero-order valence-corrected chi connectivity index (χ0v) is 10.3. The number of hydrogen-bond donors (Lipinski definition) is 0. The molecule has 4 heteroatoms. The van der Waals surface area contributed by atoms with Crippen LogP contribution in [0.3, 0.4) is 0 Å². The Hall–Kier alpha value is -1.39. The standard InChI is InChI=1S/C14H16O4/c1-9-6-11-7-10(8-13-16-4-5-17-13)2-3-12(11)14(15)18-9/h2-3,7,9,13H,4-6,8H2,1H3/t9-/m0/s1. The Morgan fingerprint density at radius 3 is 2.83 bits per heavy atom. The highest BCUT2D eigenvalue weighted by atomic mass is 16.7. The van der Waals surface area contributed by atoms with Crippen LogP contribution in [0.15, 0.2) is 18.2 Å². The zero-order chi connectivity index (χ0) is 12.5. The number of carbonyl (C=O) groups excluding carboxylic acids is 1. The van der Waals surface area contributed by atoms with Crippen LogP contribution in [-0.2, 0) is 27.1 Å². The number of ether oxygens (including phenoxy) is 3. The average molecular weight is 248 g/mol. The molecule has 1 atom stereocenters. The van der Waals surface area contributed by atoms with Crippen LogP contribution in [-0.4, -0.2) is 31.6 Å². The molecule has 0 aliphatic carbocycles. The molecule has 2 aliphatic rings. The van der Waals surface area contributed by atoms with Gasteiger partial charge in [-0.2, -0.15) is 0 Å². The fraction of sp³-hybridized carbons (Fsp3) is 0.500. The van der Waals surface area contributed by atoms with Crippen molar-refractivity contribution in [2.75, 3.05) is 13.2 Å². The molecule has 2 heterocycles. The molecule has 0 bridgehead atoms. The SMILES string of the molecule is C[C@H]1Cc2cc(CC3OCCO3)ccc2C(=O)O1. The van der Waals surface area contributed by atoms with Crippen LogP contribution >= 0.6 is 0 Å². The molecule has 0 radical (unpaired) electrons. The fourth-order valence-corrected chi connectivity index (χ4v) is 2.46. The van der Waals surface area contributed by atoms with Crippen molar-refractivity contribution in [3.63, 3.8) is 0 Å². The molecule has 1 fully saturated rings. The number of hydrogen-bond acceptors (Lipinski definition) is 4. The van der Waals surface area contributed by atoms with Crippen LogP contribution < -0.4 is 0 Å². The molecule has 18 heavy (non-hydrogen) atoms. The van der Waals surface area contributed by atoms with Crippen molar-refractivity contribution in [1.29, 1.82) is 0 Å². The predicted molar refractivity (Wildman–Crippen MR) is 64.4 cm³/mol. The van der Waals surface area contributed by atoms with Gasteiger partial charge in [-0.25, -0.2) is 4.79 Å². The third kappa shape index (κ3) is 2.26. The fourth-order valence-electron chi connectivity index (χ4n) is 2.46. The van der Waals surface area contributed by atoms with Gasteiger partial charge in [0, 0.05) is 12.8 Å². The topological polar surface area (TPSA) is 44.8 Å². The second-order valence-electron chi connectivity index (χ2n) is 4.79. The van der Waals surface area contributed by atoms with E-state index in [9.17, 15) is 4.79 Å². The van der Waals surface area contributed by atoms with Gasteiger partial charge >= 0.3 is 5.97 Å². The van der Waals surface area contributed by atoms with E-state index in [1.165, 1.54) is 0 Å². The number of fused-ring (bicyclic) bond motifs is 1. The van der Waals surface area contributed by atoms with Gasteiger partial charge in [0.05, 0.1) is 18.8 Å². The highest BCUT2D eigenvalue weighted by Crippen LogP contribution is 2.23. The molecule has 0 saturated carbocycles. The van der Waals surface area contributed by atoms with Crippen LogP contribution in [0.2, 0.25) is 0 Å². The van der Waals surface area contributed by atoms with E-state index >= 15 is 0 Å². The molecule has 1 aromatic rings. The first-order valence-electron chi connectivity index (χ1n) is 6.28. The first kappa shape index (κ1) is 11.7. The van der Waals surface area contributed by atoms with E-state index in [0.717, 1.165) is 24.0 Å². The zero-order valence-electron chi connectivity index (χ0n) is 10.3. The van der Waals surface area contributed by atoms with Crippen LogP contribution in [0.1, 0.15) is 28.4 Å². The van der Waals surface area contributed by atoms with Crippen LogP contribution in [0, 0.1) is 0 Å². The summed E-state index contributed by atoms with van der Waals surface area (Å²) in [4.78, 5) is 11.7. The summed E-state index contributed by atoms with van der Waals surface area (Å²) in [6.45, 7) is 3.24. The van der Waals surface area contributed by atoms with Crippen LogP contribution in [0.4, 0.5) is 0 Å². The number of benzene rings is 1. The molecule has 4 nitrogen and oxygen atoms in total. The second-order valence-corrected chi connectivity index (χ2v) is 4.79. The lowest BCUT2D eigenvalue weighted by molar-refractivity contribution is -0.0400. The third-order valence-corrected chi connectivity index (χ3v) is 3.30. The minimum Gasteiger partial charge on any atom is -0.459 e. The maximum Gasteiger partial charge on any atom is 0.338 e. The Bertz CT molecular complexity index is 463. The van der Waals surface area contributed by atoms with E-state index < -0.39 is 0 Å². The molecule has 3 rings (SSSR count). The van der Waals surface area contributed by atoms with E-state index in [4.69, 9.17) is 14.2 Å². The molecule has 0 spiro atoms. The van der Waals surface area contributed by atoms with Crippen molar-refractivity contribution < 1.29 is 19.0 Å². The van der Waals surface area contributed by atoms with E-state index in [1.54, 1.807) is 0 Å². The van der Waals surface area contributed by atoms with Crippen molar-refractivity contribution in [1.82, 2.24) is 0 Å². The number of rotatable bonds is 2. The molecule has 1 saturated heterocycles. The quantitative estimate of drug-likeness (QED) is 0.747. The lowest BCUT2D eigenvalue weighted by atomic mass is 9.96. The lowest BCUT2D eigenvalue weighted by Crippen LogP contribution is -2.25. The van der Waals surface area contributed by atoms with Crippen LogP contribution in [0.5, 0.6) is 0 Å². The van der Waals surface area contributed by atoms with Gasteiger partial charge in [-0.15, -0.1) is 0 Å². The van der Waals surface area contributed by atoms with Gasteiger partial charge in [0.2, 0.25) is 0 Å². The highest BCUT2D eigenvalue weighted by molar-refractivity contribution is 5.92. The number of esters is 1. The Morgan fingerprint density at radius 1 is 1.28 bits per heavy atom. The maximum atomic E-state index is 11.7. The minimum atomic E-state index is -0.219. The molecule has 0 amide bonds. The molecule has 96 valence electrons. The molecule has 0 unspecified atom stereocenters. The summed E-state index contributed by atoms with van der Waals surface area (Å²) in [5.74, 6) is -0.219. The van der Waals surface area contributed by atoms with Gasteiger partial charge in [0.15, 0.2) is 6.29 Å². The van der Waals surface area contributed by atoms with Crippen molar-refractivity contribution in [3.8, 4) is 0 Å². The van der Waals surface area contributed by atoms with Crippen molar-refractivity contribution in [2.24, 2.45) is 0 Å². The third-order valence-electron chi connectivity index (χ3n) is 3.30. The summed E-state index contributed by atoms with van der Waals surface area (Å²) in [6.07, 6.45) is 1.33. The molecule has 2 aliphatic heterocycles. The van der Waals surface area contributed by atoms with Gasteiger partial charge in [-0.3, -0.25) is 0 Å². The molecular weight excluding hydrogens is 232 g/mol. The van der Waals surface area contributed by atoms with Gasteiger partial charge < -0.3 is 14.2 Å². The first-order valence-corrected chi connectivity index (χ1v) is 6.28.